The van der Waals surface area contributed by atoms with Gasteiger partial charge in [-0.15, -0.1) is 0 Å². The second-order valence-corrected chi connectivity index (χ2v) is 5.45. The molecule has 3 rings (SSSR count). The first-order valence-corrected chi connectivity index (χ1v) is 6.73. The minimum Gasteiger partial charge on any atom is -0.369 e. The molecule has 0 aliphatic heterocycles. The van der Waals surface area contributed by atoms with Crippen molar-refractivity contribution in [1.82, 2.24) is 9.55 Å². The van der Waals surface area contributed by atoms with Gasteiger partial charge in [0.1, 0.15) is 5.52 Å². The van der Waals surface area contributed by atoms with Gasteiger partial charge in [0.2, 0.25) is 5.95 Å². The molecule has 0 fully saturated rings. The lowest BCUT2D eigenvalue weighted by Gasteiger charge is -2.09. The van der Waals surface area contributed by atoms with Gasteiger partial charge in [-0.3, -0.25) is 4.57 Å². The maximum atomic E-state index is 14.0. The third-order valence-corrected chi connectivity index (χ3v) is 3.68. The lowest BCUT2D eigenvalue weighted by molar-refractivity contribution is 0.514. The smallest absolute Gasteiger partial charge is 0.206 e. The van der Waals surface area contributed by atoms with Gasteiger partial charge < -0.3 is 5.73 Å². The summed E-state index contributed by atoms with van der Waals surface area (Å²) in [5.74, 6) is -1.94. The van der Waals surface area contributed by atoms with Crippen LogP contribution in [0.2, 0.25) is 5.02 Å². The standard InChI is InChI=1S/C13H7BrClF2N3/c14-6-1-4-10(7(15)5-6)20-12-9(19-13(20)18)3-2-8(16)11(12)17/h1-5H,(H2,18,19). The second-order valence-electron chi connectivity index (χ2n) is 4.13. The predicted octanol–water partition coefficient (Wildman–Crippen LogP) is 4.30. The fraction of sp³-hybridized carbons (Fsp3) is 0. The van der Waals surface area contributed by atoms with E-state index in [1.807, 2.05) is 0 Å². The third-order valence-electron chi connectivity index (χ3n) is 2.89. The van der Waals surface area contributed by atoms with Gasteiger partial charge in [0.25, 0.3) is 0 Å². The largest absolute Gasteiger partial charge is 0.369 e. The molecule has 20 heavy (non-hydrogen) atoms. The zero-order valence-electron chi connectivity index (χ0n) is 9.87. The Balaban J connectivity index is 2.41. The summed E-state index contributed by atoms with van der Waals surface area (Å²) in [4.78, 5) is 4.02. The Hall–Kier alpha value is -1.66. The van der Waals surface area contributed by atoms with Crippen molar-refractivity contribution >= 4 is 44.5 Å². The molecule has 0 radical (unpaired) electrons. The zero-order chi connectivity index (χ0) is 14.4. The van der Waals surface area contributed by atoms with Crippen LogP contribution in [0.1, 0.15) is 0 Å². The van der Waals surface area contributed by atoms with Crippen LogP contribution in [0.25, 0.3) is 16.7 Å². The number of benzene rings is 2. The van der Waals surface area contributed by atoms with Crippen LogP contribution in [0.3, 0.4) is 0 Å². The first-order valence-electron chi connectivity index (χ1n) is 5.56. The highest BCUT2D eigenvalue weighted by molar-refractivity contribution is 9.10. The molecule has 102 valence electrons. The molecule has 7 heteroatoms. The van der Waals surface area contributed by atoms with Crippen molar-refractivity contribution in [3.05, 3.63) is 51.5 Å². The average molecular weight is 359 g/mol. The number of fused-ring (bicyclic) bond motifs is 1. The molecule has 0 aliphatic carbocycles. The molecule has 1 aromatic heterocycles. The van der Waals surface area contributed by atoms with Gasteiger partial charge in [0, 0.05) is 4.47 Å². The Bertz CT molecular complexity index is 832. The van der Waals surface area contributed by atoms with Gasteiger partial charge in [0.15, 0.2) is 11.6 Å². The monoisotopic (exact) mass is 357 g/mol. The maximum Gasteiger partial charge on any atom is 0.206 e. The minimum absolute atomic E-state index is 0.0354. The molecule has 0 atom stereocenters. The van der Waals surface area contributed by atoms with Gasteiger partial charge >= 0.3 is 0 Å². The van der Waals surface area contributed by atoms with E-state index in [0.29, 0.717) is 10.7 Å². The molecule has 3 nitrogen and oxygen atoms in total. The van der Waals surface area contributed by atoms with E-state index in [1.54, 1.807) is 18.2 Å². The van der Waals surface area contributed by atoms with Gasteiger partial charge in [-0.2, -0.15) is 0 Å². The summed E-state index contributed by atoms with van der Waals surface area (Å²) in [6.45, 7) is 0. The molecule has 0 aliphatic rings. The fourth-order valence-electron chi connectivity index (χ4n) is 2.03. The van der Waals surface area contributed by atoms with Crippen LogP contribution in [-0.2, 0) is 0 Å². The number of nitrogens with two attached hydrogens (primary N) is 1. The molecule has 3 aromatic rings. The molecule has 0 saturated carbocycles. The average Bonchev–Trinajstić information content (AvgIpc) is 2.72. The quantitative estimate of drug-likeness (QED) is 0.705. The normalized spacial score (nSPS) is 11.2. The molecule has 1 heterocycles. The van der Waals surface area contributed by atoms with Crippen LogP contribution in [0.15, 0.2) is 34.8 Å². The summed E-state index contributed by atoms with van der Waals surface area (Å²) in [7, 11) is 0. The maximum absolute atomic E-state index is 14.0. The highest BCUT2D eigenvalue weighted by atomic mass is 79.9. The molecule has 0 amide bonds. The number of halogens is 4. The van der Waals surface area contributed by atoms with E-state index in [-0.39, 0.29) is 17.0 Å². The van der Waals surface area contributed by atoms with Gasteiger partial charge in [-0.05, 0) is 30.3 Å². The highest BCUT2D eigenvalue weighted by Crippen LogP contribution is 2.31. The first kappa shape index (κ1) is 13.3. The van der Waals surface area contributed by atoms with E-state index >= 15 is 0 Å². The number of rotatable bonds is 1. The van der Waals surface area contributed by atoms with E-state index in [1.165, 1.54) is 10.6 Å². The Morgan fingerprint density at radius 2 is 1.95 bits per heavy atom. The van der Waals surface area contributed by atoms with E-state index in [2.05, 4.69) is 20.9 Å². The fourth-order valence-corrected chi connectivity index (χ4v) is 2.79. The van der Waals surface area contributed by atoms with Crippen LogP contribution in [0, 0.1) is 11.6 Å². The molecular formula is C13H7BrClF2N3. The van der Waals surface area contributed by atoms with Crippen molar-refractivity contribution in [2.45, 2.75) is 0 Å². The molecular weight excluding hydrogens is 352 g/mol. The van der Waals surface area contributed by atoms with E-state index < -0.39 is 11.6 Å². The number of hydrogen-bond acceptors (Lipinski definition) is 2. The number of anilines is 1. The van der Waals surface area contributed by atoms with E-state index in [4.69, 9.17) is 17.3 Å². The van der Waals surface area contributed by atoms with E-state index in [9.17, 15) is 8.78 Å². The topological polar surface area (TPSA) is 43.8 Å². The summed E-state index contributed by atoms with van der Waals surface area (Å²) >= 11 is 9.41. The highest BCUT2D eigenvalue weighted by Gasteiger charge is 2.18. The van der Waals surface area contributed by atoms with Crippen LogP contribution in [0.5, 0.6) is 0 Å². The van der Waals surface area contributed by atoms with Crippen LogP contribution < -0.4 is 5.73 Å². The van der Waals surface area contributed by atoms with Crippen molar-refractivity contribution < 1.29 is 8.78 Å². The summed E-state index contributed by atoms with van der Waals surface area (Å²) in [6.07, 6.45) is 0. The predicted molar refractivity (Wildman–Crippen MR) is 78.1 cm³/mol. The van der Waals surface area contributed by atoms with Crippen molar-refractivity contribution in [1.29, 1.82) is 0 Å². The first-order chi connectivity index (χ1) is 9.49. The number of nitrogens with zero attached hydrogens (tertiary/aromatic N) is 2. The lowest BCUT2D eigenvalue weighted by atomic mass is 10.2. The third kappa shape index (κ3) is 1.96. The lowest BCUT2D eigenvalue weighted by Crippen LogP contribution is -2.03. The van der Waals surface area contributed by atoms with Crippen LogP contribution >= 0.6 is 27.5 Å². The SMILES string of the molecule is Nc1nc2ccc(F)c(F)c2n1-c1ccc(Br)cc1Cl. The van der Waals surface area contributed by atoms with E-state index in [0.717, 1.165) is 10.5 Å². The van der Waals surface area contributed by atoms with Crippen LogP contribution in [0.4, 0.5) is 14.7 Å². The molecule has 0 spiro atoms. The summed E-state index contributed by atoms with van der Waals surface area (Å²) in [5, 5.41) is 0.342. The van der Waals surface area contributed by atoms with Crippen molar-refractivity contribution in [2.24, 2.45) is 0 Å². The Morgan fingerprint density at radius 3 is 2.65 bits per heavy atom. The Kier molecular flexibility index (Phi) is 3.14. The van der Waals surface area contributed by atoms with Crippen LogP contribution in [-0.4, -0.2) is 9.55 Å². The minimum atomic E-state index is -1.01. The van der Waals surface area contributed by atoms with Gasteiger partial charge in [0.05, 0.1) is 16.2 Å². The molecule has 0 unspecified atom stereocenters. The summed E-state index contributed by atoms with van der Waals surface area (Å²) < 4.78 is 29.5. The number of imidazole rings is 1. The number of aromatic nitrogens is 2. The number of hydrogen-bond donors (Lipinski definition) is 1. The second kappa shape index (κ2) is 4.71. The molecule has 2 N–H and O–H groups in total. The Morgan fingerprint density at radius 1 is 1.20 bits per heavy atom. The zero-order valence-corrected chi connectivity index (χ0v) is 12.2. The van der Waals surface area contributed by atoms with Crippen molar-refractivity contribution in [3.8, 4) is 5.69 Å². The molecule has 0 saturated heterocycles. The molecule has 0 bridgehead atoms. The number of nitrogen functional groups attached to an aromatic ring is 1. The van der Waals surface area contributed by atoms with Gasteiger partial charge in [-0.1, -0.05) is 27.5 Å². The van der Waals surface area contributed by atoms with Crippen molar-refractivity contribution in [3.63, 3.8) is 0 Å². The Labute approximate surface area is 126 Å². The molecule has 2 aromatic carbocycles. The summed E-state index contributed by atoms with van der Waals surface area (Å²) in [5.41, 5.74) is 6.46. The summed E-state index contributed by atoms with van der Waals surface area (Å²) in [6, 6.07) is 7.39. The van der Waals surface area contributed by atoms with Gasteiger partial charge in [-0.25, -0.2) is 13.8 Å². The van der Waals surface area contributed by atoms with Crippen molar-refractivity contribution in [2.75, 3.05) is 5.73 Å².